The van der Waals surface area contributed by atoms with Gasteiger partial charge >= 0.3 is 0 Å². The van der Waals surface area contributed by atoms with Crippen molar-refractivity contribution in [3.63, 3.8) is 0 Å². The molecule has 0 aromatic heterocycles. The van der Waals surface area contributed by atoms with E-state index in [0.29, 0.717) is 26.2 Å². The maximum Gasteiger partial charge on any atom is 0.246 e. The van der Waals surface area contributed by atoms with Gasteiger partial charge in [0.1, 0.15) is 0 Å². The monoisotopic (exact) mass is 448 g/mol. The minimum atomic E-state index is -3.53. The Morgan fingerprint density at radius 2 is 1.63 bits per heavy atom. The van der Waals surface area contributed by atoms with Crippen LogP contribution in [0.4, 0.5) is 0 Å². The summed E-state index contributed by atoms with van der Waals surface area (Å²) in [6, 6.07) is 14.4. The number of carbonyl (C=O) groups is 1. The van der Waals surface area contributed by atoms with Gasteiger partial charge in [-0.25, -0.2) is 8.42 Å². The van der Waals surface area contributed by atoms with E-state index in [9.17, 15) is 13.2 Å². The summed E-state index contributed by atoms with van der Waals surface area (Å²) < 4.78 is 27.7. The smallest absolute Gasteiger partial charge is 0.246 e. The van der Waals surface area contributed by atoms with Crippen molar-refractivity contribution < 1.29 is 13.2 Å². The normalized spacial score (nSPS) is 16.0. The predicted molar refractivity (Wildman–Crippen MR) is 110 cm³/mol. The van der Waals surface area contributed by atoms with Gasteiger partial charge < -0.3 is 4.90 Å². The molecule has 1 aliphatic rings. The molecule has 142 valence electrons. The fraction of sp³-hybridized carbons (Fsp3) is 0.250. The first-order valence-electron chi connectivity index (χ1n) is 8.66. The van der Waals surface area contributed by atoms with E-state index in [-0.39, 0.29) is 10.8 Å². The highest BCUT2D eigenvalue weighted by Crippen LogP contribution is 2.20. The van der Waals surface area contributed by atoms with Crippen LogP contribution in [0.2, 0.25) is 0 Å². The minimum absolute atomic E-state index is 0.0982. The quantitative estimate of drug-likeness (QED) is 0.674. The average molecular weight is 449 g/mol. The number of nitrogens with zero attached hydrogens (tertiary/aromatic N) is 2. The number of halogens is 1. The Balaban J connectivity index is 1.62. The van der Waals surface area contributed by atoms with Gasteiger partial charge in [-0.1, -0.05) is 40.2 Å². The van der Waals surface area contributed by atoms with E-state index in [1.807, 2.05) is 37.3 Å². The fourth-order valence-corrected chi connectivity index (χ4v) is 4.63. The van der Waals surface area contributed by atoms with Crippen molar-refractivity contribution in [2.24, 2.45) is 0 Å². The highest BCUT2D eigenvalue weighted by molar-refractivity contribution is 9.10. The average Bonchev–Trinajstić information content (AvgIpc) is 2.67. The maximum atomic E-state index is 12.7. The molecule has 2 aromatic rings. The van der Waals surface area contributed by atoms with E-state index in [1.54, 1.807) is 35.2 Å². The molecule has 0 atom stereocenters. The molecule has 2 aromatic carbocycles. The topological polar surface area (TPSA) is 57.7 Å². The molecule has 0 aliphatic carbocycles. The molecule has 1 aliphatic heterocycles. The highest BCUT2D eigenvalue weighted by atomic mass is 79.9. The van der Waals surface area contributed by atoms with Gasteiger partial charge in [-0.15, -0.1) is 0 Å². The lowest BCUT2D eigenvalue weighted by atomic mass is 10.1. The molecule has 0 bridgehead atoms. The van der Waals surface area contributed by atoms with Gasteiger partial charge in [-0.05, 0) is 48.4 Å². The van der Waals surface area contributed by atoms with Crippen LogP contribution in [0, 0.1) is 6.92 Å². The fourth-order valence-electron chi connectivity index (χ4n) is 2.94. The largest absolute Gasteiger partial charge is 0.337 e. The van der Waals surface area contributed by atoms with E-state index in [1.165, 1.54) is 4.31 Å². The first kappa shape index (κ1) is 19.8. The second-order valence-corrected chi connectivity index (χ2v) is 9.23. The third-order valence-electron chi connectivity index (χ3n) is 4.60. The summed E-state index contributed by atoms with van der Waals surface area (Å²) >= 11 is 3.31. The standard InChI is InChI=1S/C20H21BrN2O3S/c1-16-4-2-3-5-17(16)6-11-20(24)22-12-14-23(15-13-22)27(25,26)19-9-7-18(21)8-10-19/h2-11H,12-15H2,1H3/b11-6+. The first-order chi connectivity index (χ1) is 12.9. The number of rotatable bonds is 4. The molecule has 3 rings (SSSR count). The van der Waals surface area contributed by atoms with Crippen molar-refractivity contribution in [1.82, 2.24) is 9.21 Å². The van der Waals surface area contributed by atoms with Gasteiger partial charge in [0.25, 0.3) is 0 Å². The molecule has 0 saturated carbocycles. The summed E-state index contributed by atoms with van der Waals surface area (Å²) in [7, 11) is -3.53. The van der Waals surface area contributed by atoms with E-state index in [0.717, 1.165) is 15.6 Å². The maximum absolute atomic E-state index is 12.7. The highest BCUT2D eigenvalue weighted by Gasteiger charge is 2.29. The van der Waals surface area contributed by atoms with Gasteiger partial charge in [0.2, 0.25) is 15.9 Å². The zero-order chi connectivity index (χ0) is 19.4. The molecular weight excluding hydrogens is 428 g/mol. The first-order valence-corrected chi connectivity index (χ1v) is 10.9. The van der Waals surface area contributed by atoms with Crippen LogP contribution in [0.15, 0.2) is 64.0 Å². The summed E-state index contributed by atoms with van der Waals surface area (Å²) in [5, 5.41) is 0. The Labute approximate surface area is 168 Å². The number of piperazine rings is 1. The summed E-state index contributed by atoms with van der Waals surface area (Å²) in [6.45, 7) is 3.35. The van der Waals surface area contributed by atoms with Crippen LogP contribution in [0.3, 0.4) is 0 Å². The third-order valence-corrected chi connectivity index (χ3v) is 7.04. The van der Waals surface area contributed by atoms with E-state index in [2.05, 4.69) is 15.9 Å². The number of hydrogen-bond donors (Lipinski definition) is 0. The Morgan fingerprint density at radius 3 is 2.26 bits per heavy atom. The number of amides is 1. The van der Waals surface area contributed by atoms with Crippen molar-refractivity contribution >= 4 is 37.9 Å². The lowest BCUT2D eigenvalue weighted by molar-refractivity contribution is -0.127. The predicted octanol–water partition coefficient (Wildman–Crippen LogP) is 3.30. The summed E-state index contributed by atoms with van der Waals surface area (Å²) in [5.74, 6) is -0.0982. The zero-order valence-electron chi connectivity index (χ0n) is 15.0. The second-order valence-electron chi connectivity index (χ2n) is 6.37. The number of benzene rings is 2. The molecule has 0 N–H and O–H groups in total. The molecule has 1 amide bonds. The van der Waals surface area contributed by atoms with E-state index < -0.39 is 10.0 Å². The Bertz CT molecular complexity index is 947. The Kier molecular flexibility index (Phi) is 6.14. The van der Waals surface area contributed by atoms with Gasteiger partial charge in [-0.2, -0.15) is 4.31 Å². The zero-order valence-corrected chi connectivity index (χ0v) is 17.4. The van der Waals surface area contributed by atoms with E-state index >= 15 is 0 Å². The van der Waals surface area contributed by atoms with Gasteiger partial charge in [0, 0.05) is 36.7 Å². The van der Waals surface area contributed by atoms with Crippen molar-refractivity contribution in [2.45, 2.75) is 11.8 Å². The lowest BCUT2D eigenvalue weighted by Gasteiger charge is -2.33. The SMILES string of the molecule is Cc1ccccc1/C=C/C(=O)N1CCN(S(=O)(=O)c2ccc(Br)cc2)CC1. The number of hydrogen-bond acceptors (Lipinski definition) is 3. The Hall–Kier alpha value is -1.96. The van der Waals surface area contributed by atoms with Crippen LogP contribution in [-0.4, -0.2) is 49.7 Å². The molecule has 0 unspecified atom stereocenters. The number of carbonyl (C=O) groups excluding carboxylic acids is 1. The third kappa shape index (κ3) is 4.66. The van der Waals surface area contributed by atoms with Gasteiger partial charge in [0.15, 0.2) is 0 Å². The van der Waals surface area contributed by atoms with Gasteiger partial charge in [0.05, 0.1) is 4.90 Å². The molecule has 5 nitrogen and oxygen atoms in total. The van der Waals surface area contributed by atoms with Crippen molar-refractivity contribution in [3.05, 3.63) is 70.2 Å². The number of sulfonamides is 1. The van der Waals surface area contributed by atoms with Crippen LogP contribution < -0.4 is 0 Å². The lowest BCUT2D eigenvalue weighted by Crippen LogP contribution is -2.50. The van der Waals surface area contributed by atoms with Crippen molar-refractivity contribution in [3.8, 4) is 0 Å². The van der Waals surface area contributed by atoms with Crippen LogP contribution in [0.25, 0.3) is 6.08 Å². The molecule has 1 fully saturated rings. The van der Waals surface area contributed by atoms with Crippen LogP contribution in [0.5, 0.6) is 0 Å². The van der Waals surface area contributed by atoms with Crippen LogP contribution in [-0.2, 0) is 14.8 Å². The second kappa shape index (κ2) is 8.37. The summed E-state index contributed by atoms with van der Waals surface area (Å²) in [5.41, 5.74) is 2.11. The molecular formula is C20H21BrN2O3S. The molecule has 27 heavy (non-hydrogen) atoms. The van der Waals surface area contributed by atoms with Crippen LogP contribution in [0.1, 0.15) is 11.1 Å². The van der Waals surface area contributed by atoms with Crippen molar-refractivity contribution in [1.29, 1.82) is 0 Å². The summed E-state index contributed by atoms with van der Waals surface area (Å²) in [4.78, 5) is 14.4. The molecule has 1 heterocycles. The van der Waals surface area contributed by atoms with E-state index in [4.69, 9.17) is 0 Å². The summed E-state index contributed by atoms with van der Waals surface area (Å²) in [6.07, 6.45) is 3.36. The minimum Gasteiger partial charge on any atom is -0.337 e. The van der Waals surface area contributed by atoms with Crippen molar-refractivity contribution in [2.75, 3.05) is 26.2 Å². The van der Waals surface area contributed by atoms with Crippen LogP contribution >= 0.6 is 15.9 Å². The Morgan fingerprint density at radius 1 is 1.00 bits per heavy atom. The molecule has 7 heteroatoms. The van der Waals surface area contributed by atoms with Gasteiger partial charge in [-0.3, -0.25) is 4.79 Å². The molecule has 1 saturated heterocycles. The number of aryl methyl sites for hydroxylation is 1. The molecule has 0 spiro atoms. The molecule has 0 radical (unpaired) electrons.